The first-order valence-corrected chi connectivity index (χ1v) is 10.3. The molecule has 2 N–H and O–H groups in total. The lowest BCUT2D eigenvalue weighted by Crippen LogP contribution is -2.45. The molecule has 1 saturated carbocycles. The molecule has 29 heavy (non-hydrogen) atoms. The second-order valence-corrected chi connectivity index (χ2v) is 7.64. The number of nitrogens with zero attached hydrogens (tertiary/aromatic N) is 2. The van der Waals surface area contributed by atoms with Crippen molar-refractivity contribution in [2.45, 2.75) is 51.5 Å². The van der Waals surface area contributed by atoms with E-state index in [0.29, 0.717) is 43.5 Å². The monoisotopic (exact) mass is 520 g/mol. The van der Waals surface area contributed by atoms with E-state index in [0.717, 1.165) is 44.7 Å². The fraction of sp³-hybridized carbons (Fsp3) is 0.619. The van der Waals surface area contributed by atoms with E-state index in [-0.39, 0.29) is 35.9 Å². The molecule has 0 bridgehead atoms. The van der Waals surface area contributed by atoms with Gasteiger partial charge in [0.2, 0.25) is 5.91 Å². The molecule has 1 amide bonds. The molecule has 1 heterocycles. The number of carbonyl (C=O) groups is 1. The van der Waals surface area contributed by atoms with Crippen LogP contribution in [0.3, 0.4) is 0 Å². The van der Waals surface area contributed by atoms with Crippen molar-refractivity contribution in [2.24, 2.45) is 10.9 Å². The number of hydrogen-bond acceptors (Lipinski definition) is 2. The molecule has 2 fully saturated rings. The zero-order chi connectivity index (χ0) is 19.9. The lowest BCUT2D eigenvalue weighted by Gasteiger charge is -2.21. The Morgan fingerprint density at radius 3 is 2.69 bits per heavy atom. The number of rotatable bonds is 6. The van der Waals surface area contributed by atoms with Gasteiger partial charge >= 0.3 is 0 Å². The first-order chi connectivity index (χ1) is 13.6. The summed E-state index contributed by atoms with van der Waals surface area (Å²) in [5.74, 6) is 0.0784. The maximum atomic E-state index is 13.7. The van der Waals surface area contributed by atoms with E-state index >= 15 is 0 Å². The van der Waals surface area contributed by atoms with E-state index in [1.54, 1.807) is 0 Å². The normalized spacial score (nSPS) is 19.9. The molecule has 1 aliphatic heterocycles. The third-order valence-electron chi connectivity index (χ3n) is 5.56. The van der Waals surface area contributed by atoms with Crippen molar-refractivity contribution in [1.82, 2.24) is 15.5 Å². The zero-order valence-electron chi connectivity index (χ0n) is 16.9. The topological polar surface area (TPSA) is 56.7 Å². The van der Waals surface area contributed by atoms with Crippen molar-refractivity contribution in [3.63, 3.8) is 0 Å². The van der Waals surface area contributed by atoms with Crippen molar-refractivity contribution >= 4 is 35.8 Å². The van der Waals surface area contributed by atoms with Crippen LogP contribution in [0.25, 0.3) is 0 Å². The minimum atomic E-state index is -0.572. The van der Waals surface area contributed by atoms with Crippen LogP contribution in [-0.2, 0) is 11.2 Å². The Hall–Kier alpha value is -1.45. The van der Waals surface area contributed by atoms with Gasteiger partial charge in [-0.15, -0.1) is 24.0 Å². The summed E-state index contributed by atoms with van der Waals surface area (Å²) in [6.07, 6.45) is 5.68. The van der Waals surface area contributed by atoms with Gasteiger partial charge < -0.3 is 15.5 Å². The van der Waals surface area contributed by atoms with Crippen molar-refractivity contribution in [3.8, 4) is 0 Å². The number of nitrogens with one attached hydrogen (secondary N) is 2. The molecule has 0 aromatic heterocycles. The van der Waals surface area contributed by atoms with Crippen LogP contribution < -0.4 is 10.6 Å². The second kappa shape index (κ2) is 11.7. The van der Waals surface area contributed by atoms with Crippen LogP contribution in [0.2, 0.25) is 0 Å². The molecular weight excluding hydrogens is 489 g/mol. The Morgan fingerprint density at radius 2 is 2.00 bits per heavy atom. The van der Waals surface area contributed by atoms with Gasteiger partial charge in [-0.2, -0.15) is 0 Å². The van der Waals surface area contributed by atoms with Crippen molar-refractivity contribution in [1.29, 1.82) is 0 Å². The molecule has 0 radical (unpaired) electrons. The molecule has 2 aliphatic rings. The van der Waals surface area contributed by atoms with E-state index in [2.05, 4.69) is 15.6 Å². The highest BCUT2D eigenvalue weighted by Gasteiger charge is 2.32. The zero-order valence-corrected chi connectivity index (χ0v) is 19.3. The summed E-state index contributed by atoms with van der Waals surface area (Å²) in [6.45, 7) is 4.59. The van der Waals surface area contributed by atoms with Gasteiger partial charge in [0.05, 0.1) is 0 Å². The number of guanidine groups is 1. The van der Waals surface area contributed by atoms with Crippen LogP contribution in [0.5, 0.6) is 0 Å². The van der Waals surface area contributed by atoms with Gasteiger partial charge in [0.25, 0.3) is 0 Å². The van der Waals surface area contributed by atoms with Gasteiger partial charge in [-0.25, -0.2) is 8.78 Å². The number of halogens is 3. The molecule has 1 aromatic rings. The van der Waals surface area contributed by atoms with E-state index in [1.807, 2.05) is 11.8 Å². The summed E-state index contributed by atoms with van der Waals surface area (Å²) < 4.78 is 26.7. The Bertz CT molecular complexity index is 710. The fourth-order valence-corrected chi connectivity index (χ4v) is 4.04. The number of aliphatic imine (C=N–C) groups is 1. The van der Waals surface area contributed by atoms with E-state index < -0.39 is 11.6 Å². The van der Waals surface area contributed by atoms with Crippen LogP contribution in [0.1, 0.15) is 44.6 Å². The van der Waals surface area contributed by atoms with Crippen molar-refractivity contribution in [2.75, 3.05) is 26.2 Å². The van der Waals surface area contributed by atoms with Crippen molar-refractivity contribution in [3.05, 3.63) is 35.4 Å². The molecule has 162 valence electrons. The minimum Gasteiger partial charge on any atom is -0.357 e. The lowest BCUT2D eigenvalue weighted by atomic mass is 10.1. The smallest absolute Gasteiger partial charge is 0.225 e. The standard InChI is InChI=1S/C21H30F2N4O.HI/c1-2-24-21(25-11-9-15-7-8-17(22)13-19(15)23)26-18-10-12-27(14-18)20(28)16-5-3-4-6-16;/h7-8,13,16,18H,2-6,9-12,14H2,1H3,(H2,24,25,26);1H. The fourth-order valence-electron chi connectivity index (χ4n) is 4.04. The van der Waals surface area contributed by atoms with Gasteiger partial charge in [-0.3, -0.25) is 9.79 Å². The van der Waals surface area contributed by atoms with Gasteiger partial charge in [-0.1, -0.05) is 18.9 Å². The quantitative estimate of drug-likeness (QED) is 0.343. The molecule has 0 spiro atoms. The van der Waals surface area contributed by atoms with Gasteiger partial charge in [-0.05, 0) is 44.2 Å². The van der Waals surface area contributed by atoms with Crippen molar-refractivity contribution < 1.29 is 13.6 Å². The summed E-state index contributed by atoms with van der Waals surface area (Å²) in [5.41, 5.74) is 0.454. The first kappa shape index (κ1) is 23.8. The molecule has 3 rings (SSSR count). The van der Waals surface area contributed by atoms with Crippen LogP contribution in [0, 0.1) is 17.6 Å². The highest BCUT2D eigenvalue weighted by atomic mass is 127. The molecule has 1 aliphatic carbocycles. The molecule has 5 nitrogen and oxygen atoms in total. The summed E-state index contributed by atoms with van der Waals surface area (Å²) >= 11 is 0. The van der Waals surface area contributed by atoms with Gasteiger partial charge in [0.1, 0.15) is 11.6 Å². The molecule has 1 atom stereocenters. The van der Waals surface area contributed by atoms with Gasteiger partial charge in [0.15, 0.2) is 5.96 Å². The summed E-state index contributed by atoms with van der Waals surface area (Å²) in [6, 6.07) is 3.80. The highest BCUT2D eigenvalue weighted by molar-refractivity contribution is 14.0. The summed E-state index contributed by atoms with van der Waals surface area (Å²) in [4.78, 5) is 19.1. The number of likely N-dealkylation sites (tertiary alicyclic amines) is 1. The van der Waals surface area contributed by atoms with Crippen LogP contribution >= 0.6 is 24.0 Å². The SMILES string of the molecule is CCNC(=NCCc1ccc(F)cc1F)NC1CCN(C(=O)C2CCCC2)C1.I. The average Bonchev–Trinajstić information content (AvgIpc) is 3.35. The average molecular weight is 520 g/mol. The molecular formula is C21H31F2IN4O. The third-order valence-corrected chi connectivity index (χ3v) is 5.56. The predicted molar refractivity (Wildman–Crippen MR) is 122 cm³/mol. The molecule has 1 saturated heterocycles. The van der Waals surface area contributed by atoms with E-state index in [4.69, 9.17) is 0 Å². The number of benzene rings is 1. The highest BCUT2D eigenvalue weighted by Crippen LogP contribution is 2.27. The lowest BCUT2D eigenvalue weighted by molar-refractivity contribution is -0.134. The third kappa shape index (κ3) is 6.79. The number of amides is 1. The van der Waals surface area contributed by atoms with E-state index in [9.17, 15) is 13.6 Å². The Morgan fingerprint density at radius 1 is 1.24 bits per heavy atom. The van der Waals surface area contributed by atoms with Crippen LogP contribution in [-0.4, -0.2) is 49.0 Å². The molecule has 1 unspecified atom stereocenters. The largest absolute Gasteiger partial charge is 0.357 e. The molecule has 8 heteroatoms. The number of carbonyl (C=O) groups excluding carboxylic acids is 1. The number of hydrogen-bond donors (Lipinski definition) is 2. The maximum absolute atomic E-state index is 13.7. The van der Waals surface area contributed by atoms with Crippen LogP contribution in [0.4, 0.5) is 8.78 Å². The first-order valence-electron chi connectivity index (χ1n) is 10.3. The van der Waals surface area contributed by atoms with Crippen LogP contribution in [0.15, 0.2) is 23.2 Å². The molecule has 1 aromatic carbocycles. The Labute approximate surface area is 188 Å². The van der Waals surface area contributed by atoms with Gasteiger partial charge in [0, 0.05) is 44.2 Å². The Balaban J connectivity index is 0.00000300. The minimum absolute atomic E-state index is 0. The van der Waals surface area contributed by atoms with E-state index in [1.165, 1.54) is 12.1 Å². The second-order valence-electron chi connectivity index (χ2n) is 7.64. The predicted octanol–water partition coefficient (Wildman–Crippen LogP) is 3.47. The summed E-state index contributed by atoms with van der Waals surface area (Å²) in [7, 11) is 0. The maximum Gasteiger partial charge on any atom is 0.225 e. The Kier molecular flexibility index (Phi) is 9.58. The summed E-state index contributed by atoms with van der Waals surface area (Å²) in [5, 5.41) is 6.59.